The second-order valence-electron chi connectivity index (χ2n) is 8.46. The van der Waals surface area contributed by atoms with Crippen molar-refractivity contribution >= 4 is 17.5 Å². The van der Waals surface area contributed by atoms with Crippen LogP contribution in [0.25, 0.3) is 0 Å². The van der Waals surface area contributed by atoms with Gasteiger partial charge >= 0.3 is 0 Å². The van der Waals surface area contributed by atoms with Crippen LogP contribution in [0.4, 0.5) is 0 Å². The Morgan fingerprint density at radius 3 is 2.39 bits per heavy atom. The Labute approximate surface area is 190 Å². The van der Waals surface area contributed by atoms with Crippen LogP contribution in [0, 0.1) is 0 Å². The predicted molar refractivity (Wildman–Crippen MR) is 124 cm³/mol. The Balaban J connectivity index is 1.25. The maximum absolute atomic E-state index is 12.7. The first-order chi connectivity index (χ1) is 15.2. The highest BCUT2D eigenvalue weighted by molar-refractivity contribution is 6.31. The fraction of sp³-hybridized carbons (Fsp3) is 0.500. The molecule has 1 aromatic heterocycles. The second-order valence-corrected chi connectivity index (χ2v) is 8.87. The van der Waals surface area contributed by atoms with Crippen molar-refractivity contribution in [3.63, 3.8) is 0 Å². The summed E-state index contributed by atoms with van der Waals surface area (Å²) in [6.45, 7) is 7.76. The number of likely N-dealkylation sites (tertiary alicyclic amines) is 1. The molecule has 2 fully saturated rings. The highest BCUT2D eigenvalue weighted by Crippen LogP contribution is 2.29. The molecule has 1 unspecified atom stereocenters. The summed E-state index contributed by atoms with van der Waals surface area (Å²) in [7, 11) is 0. The largest absolute Gasteiger partial charge is 0.353 e. The van der Waals surface area contributed by atoms with Crippen LogP contribution in [0.2, 0.25) is 5.02 Å². The Hall–Kier alpha value is -1.99. The highest BCUT2D eigenvalue weighted by Gasteiger charge is 2.26. The standard InChI is InChI=1S/C24H32ClN5O/c25-22-9-2-1-8-21(22)23(30-11-5-6-12-30)17-27-24(31)19-29-15-13-28(14-16-29)18-20-7-3-4-10-26-20/h1-4,7-10,23H,5-6,11-19H2,(H,27,31). The summed E-state index contributed by atoms with van der Waals surface area (Å²) >= 11 is 6.48. The first kappa shape index (κ1) is 22.2. The summed E-state index contributed by atoms with van der Waals surface area (Å²) in [6.07, 6.45) is 4.25. The molecule has 2 saturated heterocycles. The van der Waals surface area contributed by atoms with Gasteiger partial charge in [0.25, 0.3) is 0 Å². The molecular formula is C24H32ClN5O. The number of pyridine rings is 1. The van der Waals surface area contributed by atoms with E-state index in [1.165, 1.54) is 12.8 Å². The van der Waals surface area contributed by atoms with Crippen LogP contribution < -0.4 is 5.32 Å². The Kier molecular flexibility index (Phi) is 7.92. The molecule has 3 heterocycles. The van der Waals surface area contributed by atoms with Crippen molar-refractivity contribution in [3.8, 4) is 0 Å². The molecule has 0 radical (unpaired) electrons. The van der Waals surface area contributed by atoms with Gasteiger partial charge in [-0.15, -0.1) is 0 Å². The molecule has 166 valence electrons. The average molecular weight is 442 g/mol. The van der Waals surface area contributed by atoms with Crippen LogP contribution in [0.1, 0.15) is 30.1 Å². The van der Waals surface area contributed by atoms with Gasteiger partial charge in [0.1, 0.15) is 0 Å². The summed E-state index contributed by atoms with van der Waals surface area (Å²) in [6, 6.07) is 14.2. The SMILES string of the molecule is O=C(CN1CCN(Cc2ccccn2)CC1)NCC(c1ccccc1Cl)N1CCCC1. The zero-order valence-electron chi connectivity index (χ0n) is 18.0. The van der Waals surface area contributed by atoms with Gasteiger partial charge in [0.05, 0.1) is 18.3 Å². The maximum atomic E-state index is 12.7. The van der Waals surface area contributed by atoms with E-state index < -0.39 is 0 Å². The van der Waals surface area contributed by atoms with Gasteiger partial charge in [-0.3, -0.25) is 24.5 Å². The molecule has 6 nitrogen and oxygen atoms in total. The smallest absolute Gasteiger partial charge is 0.234 e. The molecule has 1 N–H and O–H groups in total. The minimum atomic E-state index is 0.0921. The van der Waals surface area contributed by atoms with Crippen LogP contribution in [0.3, 0.4) is 0 Å². The number of halogens is 1. The van der Waals surface area contributed by atoms with Crippen molar-refractivity contribution in [2.45, 2.75) is 25.4 Å². The second kappa shape index (κ2) is 11.0. The molecule has 1 atom stereocenters. The molecule has 4 rings (SSSR count). The Morgan fingerprint density at radius 2 is 1.68 bits per heavy atom. The third-order valence-corrected chi connectivity index (χ3v) is 6.63. The van der Waals surface area contributed by atoms with Gasteiger partial charge in [0, 0.05) is 50.5 Å². The molecule has 0 saturated carbocycles. The van der Waals surface area contributed by atoms with Crippen LogP contribution in [0.15, 0.2) is 48.7 Å². The summed E-state index contributed by atoms with van der Waals surface area (Å²) in [4.78, 5) is 24.2. The molecule has 2 aliphatic heterocycles. The normalized spacial score (nSPS) is 19.4. The van der Waals surface area contributed by atoms with Gasteiger partial charge in [-0.2, -0.15) is 0 Å². The van der Waals surface area contributed by atoms with Gasteiger partial charge in [0.15, 0.2) is 0 Å². The van der Waals surface area contributed by atoms with Crippen LogP contribution in [0.5, 0.6) is 0 Å². The van der Waals surface area contributed by atoms with Crippen LogP contribution >= 0.6 is 11.6 Å². The van der Waals surface area contributed by atoms with E-state index >= 15 is 0 Å². The van der Waals surface area contributed by atoms with E-state index in [1.54, 1.807) is 0 Å². The van der Waals surface area contributed by atoms with E-state index in [2.05, 4.69) is 37.1 Å². The van der Waals surface area contributed by atoms with Gasteiger partial charge < -0.3 is 5.32 Å². The Bertz CT molecular complexity index is 835. The number of benzene rings is 1. The molecular weight excluding hydrogens is 410 g/mol. The Morgan fingerprint density at radius 1 is 0.968 bits per heavy atom. The van der Waals surface area contributed by atoms with Gasteiger partial charge in [0.2, 0.25) is 5.91 Å². The molecule has 1 amide bonds. The van der Waals surface area contributed by atoms with E-state index in [4.69, 9.17) is 11.6 Å². The van der Waals surface area contributed by atoms with E-state index in [0.29, 0.717) is 13.1 Å². The highest BCUT2D eigenvalue weighted by atomic mass is 35.5. The number of aromatic nitrogens is 1. The fourth-order valence-electron chi connectivity index (χ4n) is 4.53. The number of rotatable bonds is 8. The van der Waals surface area contributed by atoms with Gasteiger partial charge in [-0.25, -0.2) is 0 Å². The van der Waals surface area contributed by atoms with Crippen molar-refractivity contribution in [3.05, 3.63) is 64.9 Å². The first-order valence-electron chi connectivity index (χ1n) is 11.3. The van der Waals surface area contributed by atoms with Gasteiger partial charge in [-0.1, -0.05) is 35.9 Å². The van der Waals surface area contributed by atoms with E-state index in [0.717, 1.165) is 62.1 Å². The maximum Gasteiger partial charge on any atom is 0.234 e. The van der Waals surface area contributed by atoms with Crippen molar-refractivity contribution in [1.29, 1.82) is 0 Å². The summed E-state index contributed by atoms with van der Waals surface area (Å²) in [5, 5.41) is 3.95. The molecule has 1 aromatic carbocycles. The van der Waals surface area contributed by atoms with E-state index in [9.17, 15) is 4.79 Å². The van der Waals surface area contributed by atoms with E-state index in [-0.39, 0.29) is 11.9 Å². The van der Waals surface area contributed by atoms with Gasteiger partial charge in [-0.05, 0) is 49.7 Å². The summed E-state index contributed by atoms with van der Waals surface area (Å²) in [5.41, 5.74) is 2.20. The molecule has 2 aromatic rings. The fourth-order valence-corrected chi connectivity index (χ4v) is 4.79. The number of hydrogen-bond donors (Lipinski definition) is 1. The topological polar surface area (TPSA) is 51.7 Å². The lowest BCUT2D eigenvalue weighted by Crippen LogP contribution is -2.49. The quantitative estimate of drug-likeness (QED) is 0.682. The third kappa shape index (κ3) is 6.26. The zero-order valence-corrected chi connectivity index (χ0v) is 18.8. The third-order valence-electron chi connectivity index (χ3n) is 6.28. The number of nitrogens with zero attached hydrogens (tertiary/aromatic N) is 4. The molecule has 0 bridgehead atoms. The number of hydrogen-bond acceptors (Lipinski definition) is 5. The number of nitrogens with one attached hydrogen (secondary N) is 1. The zero-order chi connectivity index (χ0) is 21.5. The molecule has 7 heteroatoms. The van der Waals surface area contributed by atoms with Crippen LogP contribution in [-0.4, -0.2) is 77.9 Å². The lowest BCUT2D eigenvalue weighted by atomic mass is 10.1. The summed E-state index contributed by atoms with van der Waals surface area (Å²) in [5.74, 6) is 0.0921. The van der Waals surface area contributed by atoms with Crippen molar-refractivity contribution in [1.82, 2.24) is 25.0 Å². The minimum absolute atomic E-state index is 0.0921. The monoisotopic (exact) mass is 441 g/mol. The van der Waals surface area contributed by atoms with Crippen molar-refractivity contribution < 1.29 is 4.79 Å². The predicted octanol–water partition coefficient (Wildman–Crippen LogP) is 2.81. The molecule has 0 spiro atoms. The number of piperazine rings is 1. The number of carbonyl (C=O) groups is 1. The number of amides is 1. The van der Waals surface area contributed by atoms with Crippen molar-refractivity contribution in [2.75, 3.05) is 52.4 Å². The molecule has 31 heavy (non-hydrogen) atoms. The summed E-state index contributed by atoms with van der Waals surface area (Å²) < 4.78 is 0. The minimum Gasteiger partial charge on any atom is -0.353 e. The van der Waals surface area contributed by atoms with Crippen molar-refractivity contribution in [2.24, 2.45) is 0 Å². The molecule has 2 aliphatic rings. The lowest BCUT2D eigenvalue weighted by Gasteiger charge is -2.34. The molecule has 0 aliphatic carbocycles. The number of carbonyl (C=O) groups excluding carboxylic acids is 1. The lowest BCUT2D eigenvalue weighted by molar-refractivity contribution is -0.123. The van der Waals surface area contributed by atoms with Crippen LogP contribution in [-0.2, 0) is 11.3 Å². The van der Waals surface area contributed by atoms with E-state index in [1.807, 2.05) is 36.5 Å². The average Bonchev–Trinajstić information content (AvgIpc) is 3.32. The first-order valence-corrected chi connectivity index (χ1v) is 11.7.